The fourth-order valence-electron chi connectivity index (χ4n) is 4.41. The minimum absolute atomic E-state index is 0.251. The molecule has 0 saturated carbocycles. The number of carbonyl (C=O) groups is 1. The summed E-state index contributed by atoms with van der Waals surface area (Å²) in [5, 5.41) is 0.727. The topological polar surface area (TPSA) is 40.9 Å². The highest BCUT2D eigenvalue weighted by molar-refractivity contribution is 7.17. The standard InChI is InChI=1S/C26H27ClN4OS/c1-19-17-31-23(25(28-26(31)33-19)21-8-10-22(27)11-9-21)18-29-13-15-30(16-14-29)24(32)12-7-20-5-3-2-4-6-20/h2-6,8-11,17H,7,12-16,18H2,1H3. The van der Waals surface area contributed by atoms with Crippen LogP contribution in [0.3, 0.4) is 0 Å². The lowest BCUT2D eigenvalue weighted by molar-refractivity contribution is -0.133. The maximum Gasteiger partial charge on any atom is 0.222 e. The van der Waals surface area contributed by atoms with Crippen molar-refractivity contribution in [2.45, 2.75) is 26.3 Å². The largest absolute Gasteiger partial charge is 0.340 e. The summed E-state index contributed by atoms with van der Waals surface area (Å²) in [5.74, 6) is 0.251. The highest BCUT2D eigenvalue weighted by atomic mass is 35.5. The zero-order chi connectivity index (χ0) is 22.8. The maximum atomic E-state index is 12.7. The molecular formula is C26H27ClN4OS. The van der Waals surface area contributed by atoms with Gasteiger partial charge in [0.2, 0.25) is 5.91 Å². The predicted octanol–water partition coefficient (Wildman–Crippen LogP) is 5.30. The lowest BCUT2D eigenvalue weighted by Gasteiger charge is -2.34. The zero-order valence-electron chi connectivity index (χ0n) is 18.7. The fraction of sp³-hybridized carbons (Fsp3) is 0.308. The molecule has 0 aliphatic carbocycles. The molecule has 0 atom stereocenters. The van der Waals surface area contributed by atoms with E-state index >= 15 is 0 Å². The Labute approximate surface area is 203 Å². The molecule has 1 aliphatic rings. The van der Waals surface area contributed by atoms with E-state index < -0.39 is 0 Å². The first kappa shape index (κ1) is 22.1. The van der Waals surface area contributed by atoms with Crippen molar-refractivity contribution in [3.8, 4) is 11.3 Å². The molecule has 5 rings (SSSR count). The van der Waals surface area contributed by atoms with Crippen LogP contribution in [0.2, 0.25) is 5.02 Å². The van der Waals surface area contributed by atoms with E-state index in [1.807, 2.05) is 47.4 Å². The summed E-state index contributed by atoms with van der Waals surface area (Å²) in [4.78, 5) is 24.4. The van der Waals surface area contributed by atoms with E-state index in [1.165, 1.54) is 16.1 Å². The molecule has 1 aliphatic heterocycles. The van der Waals surface area contributed by atoms with E-state index in [1.54, 1.807) is 11.3 Å². The second-order valence-electron chi connectivity index (χ2n) is 8.55. The number of nitrogens with zero attached hydrogens (tertiary/aromatic N) is 4. The predicted molar refractivity (Wildman–Crippen MR) is 135 cm³/mol. The number of rotatable bonds is 6. The SMILES string of the molecule is Cc1cn2c(CN3CCN(C(=O)CCc4ccccc4)CC3)c(-c3ccc(Cl)cc3)nc2s1. The third kappa shape index (κ3) is 4.98. The normalized spacial score (nSPS) is 14.8. The Morgan fingerprint density at radius 2 is 1.76 bits per heavy atom. The Morgan fingerprint density at radius 1 is 1.03 bits per heavy atom. The molecule has 7 heteroatoms. The number of benzene rings is 2. The molecule has 2 aromatic heterocycles. The Kier molecular flexibility index (Phi) is 6.49. The number of imidazole rings is 1. The number of carbonyl (C=O) groups excluding carboxylic acids is 1. The average molecular weight is 479 g/mol. The number of amides is 1. The first-order valence-corrected chi connectivity index (χ1v) is 12.5. The van der Waals surface area contributed by atoms with Gasteiger partial charge in [-0.3, -0.25) is 14.1 Å². The molecule has 1 saturated heterocycles. The summed E-state index contributed by atoms with van der Waals surface area (Å²) in [5.41, 5.74) is 4.51. The van der Waals surface area contributed by atoms with E-state index in [0.717, 1.165) is 60.4 Å². The van der Waals surface area contributed by atoms with Crippen LogP contribution in [-0.4, -0.2) is 51.3 Å². The summed E-state index contributed by atoms with van der Waals surface area (Å²) in [6.07, 6.45) is 3.54. The van der Waals surface area contributed by atoms with Gasteiger partial charge < -0.3 is 4.90 Å². The van der Waals surface area contributed by atoms with Gasteiger partial charge in [0.05, 0.1) is 11.4 Å². The van der Waals surface area contributed by atoms with Crippen LogP contribution in [0.25, 0.3) is 16.2 Å². The van der Waals surface area contributed by atoms with Gasteiger partial charge in [0.25, 0.3) is 0 Å². The van der Waals surface area contributed by atoms with Gasteiger partial charge in [-0.2, -0.15) is 0 Å². The van der Waals surface area contributed by atoms with Crippen LogP contribution < -0.4 is 0 Å². The van der Waals surface area contributed by atoms with Crippen LogP contribution >= 0.6 is 22.9 Å². The zero-order valence-corrected chi connectivity index (χ0v) is 20.3. The van der Waals surface area contributed by atoms with Crippen LogP contribution in [0.15, 0.2) is 60.8 Å². The minimum Gasteiger partial charge on any atom is -0.340 e. The third-order valence-electron chi connectivity index (χ3n) is 6.23. The molecule has 0 spiro atoms. The van der Waals surface area contributed by atoms with Gasteiger partial charge in [-0.15, -0.1) is 11.3 Å². The first-order chi connectivity index (χ1) is 16.1. The van der Waals surface area contributed by atoms with Gasteiger partial charge in [-0.05, 0) is 31.0 Å². The maximum absolute atomic E-state index is 12.7. The molecule has 170 valence electrons. The lowest BCUT2D eigenvalue weighted by atomic mass is 10.1. The molecule has 4 aromatic rings. The van der Waals surface area contributed by atoms with Gasteiger partial charge in [-0.25, -0.2) is 4.98 Å². The van der Waals surface area contributed by atoms with Gasteiger partial charge in [0.15, 0.2) is 4.96 Å². The highest BCUT2D eigenvalue weighted by Gasteiger charge is 2.24. The molecule has 0 unspecified atom stereocenters. The van der Waals surface area contributed by atoms with Crippen molar-refractivity contribution in [1.29, 1.82) is 0 Å². The van der Waals surface area contributed by atoms with Crippen LogP contribution in [0.1, 0.15) is 22.6 Å². The molecule has 1 amide bonds. The number of halogens is 1. The van der Waals surface area contributed by atoms with Crippen molar-refractivity contribution in [2.24, 2.45) is 0 Å². The van der Waals surface area contributed by atoms with E-state index in [0.29, 0.717) is 6.42 Å². The third-order valence-corrected chi connectivity index (χ3v) is 7.38. The van der Waals surface area contributed by atoms with Crippen LogP contribution in [0, 0.1) is 6.92 Å². The van der Waals surface area contributed by atoms with Crippen molar-refractivity contribution < 1.29 is 4.79 Å². The molecule has 3 heterocycles. The number of aromatic nitrogens is 2. The van der Waals surface area contributed by atoms with Gasteiger partial charge in [0.1, 0.15) is 0 Å². The highest BCUT2D eigenvalue weighted by Crippen LogP contribution is 2.30. The molecule has 0 bridgehead atoms. The van der Waals surface area contributed by atoms with Crippen molar-refractivity contribution in [3.05, 3.63) is 82.0 Å². The monoisotopic (exact) mass is 478 g/mol. The van der Waals surface area contributed by atoms with E-state index in [9.17, 15) is 4.79 Å². The molecular weight excluding hydrogens is 452 g/mol. The van der Waals surface area contributed by atoms with Gasteiger partial charge >= 0.3 is 0 Å². The lowest BCUT2D eigenvalue weighted by Crippen LogP contribution is -2.48. The van der Waals surface area contributed by atoms with Crippen molar-refractivity contribution in [3.63, 3.8) is 0 Å². The van der Waals surface area contributed by atoms with E-state index in [-0.39, 0.29) is 5.91 Å². The Hall–Kier alpha value is -2.67. The number of thiazole rings is 1. The van der Waals surface area contributed by atoms with Gasteiger partial charge in [0, 0.05) is 60.8 Å². The van der Waals surface area contributed by atoms with Crippen LogP contribution in [0.4, 0.5) is 0 Å². The molecule has 2 aromatic carbocycles. The van der Waals surface area contributed by atoms with Crippen LogP contribution in [0.5, 0.6) is 0 Å². The van der Waals surface area contributed by atoms with Crippen molar-refractivity contribution in [1.82, 2.24) is 19.2 Å². The van der Waals surface area contributed by atoms with Gasteiger partial charge in [-0.1, -0.05) is 54.1 Å². The first-order valence-electron chi connectivity index (χ1n) is 11.3. The second-order valence-corrected chi connectivity index (χ2v) is 10.2. The number of hydrogen-bond acceptors (Lipinski definition) is 4. The summed E-state index contributed by atoms with van der Waals surface area (Å²) in [6.45, 7) is 6.20. The van der Waals surface area contributed by atoms with Crippen molar-refractivity contribution in [2.75, 3.05) is 26.2 Å². The number of piperazine rings is 1. The van der Waals surface area contributed by atoms with E-state index in [2.05, 4.69) is 34.6 Å². The Morgan fingerprint density at radius 3 is 2.48 bits per heavy atom. The van der Waals surface area contributed by atoms with Crippen LogP contribution in [-0.2, 0) is 17.8 Å². The van der Waals surface area contributed by atoms with Crippen molar-refractivity contribution >= 4 is 33.8 Å². The molecule has 0 radical (unpaired) electrons. The fourth-order valence-corrected chi connectivity index (χ4v) is 5.38. The molecule has 1 fully saturated rings. The smallest absolute Gasteiger partial charge is 0.222 e. The minimum atomic E-state index is 0.251. The Balaban J connectivity index is 1.26. The summed E-state index contributed by atoms with van der Waals surface area (Å²) >= 11 is 7.81. The summed E-state index contributed by atoms with van der Waals surface area (Å²) in [6, 6.07) is 18.1. The second kappa shape index (κ2) is 9.67. The summed E-state index contributed by atoms with van der Waals surface area (Å²) < 4.78 is 2.22. The quantitative estimate of drug-likeness (QED) is 0.377. The number of hydrogen-bond donors (Lipinski definition) is 0. The average Bonchev–Trinajstić information content (AvgIpc) is 3.36. The molecule has 0 N–H and O–H groups in total. The Bertz CT molecular complexity index is 1240. The number of fused-ring (bicyclic) bond motifs is 1. The number of aryl methyl sites for hydroxylation is 2. The molecule has 33 heavy (non-hydrogen) atoms. The molecule has 5 nitrogen and oxygen atoms in total. The van der Waals surface area contributed by atoms with E-state index in [4.69, 9.17) is 16.6 Å². The summed E-state index contributed by atoms with van der Waals surface area (Å²) in [7, 11) is 0.